The van der Waals surface area contributed by atoms with Gasteiger partial charge in [0.2, 0.25) is 0 Å². The van der Waals surface area contributed by atoms with Gasteiger partial charge in [0, 0.05) is 7.05 Å². The predicted molar refractivity (Wildman–Crippen MR) is 42.1 cm³/mol. The van der Waals surface area contributed by atoms with Gasteiger partial charge in [-0.1, -0.05) is 0 Å². The van der Waals surface area contributed by atoms with Gasteiger partial charge in [0.25, 0.3) is 0 Å². The van der Waals surface area contributed by atoms with Crippen LogP contribution in [0.1, 0.15) is 5.69 Å². The van der Waals surface area contributed by atoms with Gasteiger partial charge < -0.3 is 9.88 Å². The van der Waals surface area contributed by atoms with Gasteiger partial charge in [-0.2, -0.15) is 0 Å². The summed E-state index contributed by atoms with van der Waals surface area (Å²) in [5, 5.41) is 1.04. The Morgan fingerprint density at radius 2 is 2.50 bits per heavy atom. The smallest absolute Gasteiger partial charge is 0.340 e. The molecule has 0 fully saturated rings. The molecule has 0 aromatic carbocycles. The first kappa shape index (κ1) is 7.11. The molecule has 3 N–H and O–H groups in total. The number of amides is 2. The van der Waals surface area contributed by atoms with Gasteiger partial charge in [0.1, 0.15) is 0 Å². The van der Waals surface area contributed by atoms with E-state index in [2.05, 4.69) is 9.97 Å². The number of carbonyl (C=O) groups is 1. The molecule has 2 heterocycles. The van der Waals surface area contributed by atoms with E-state index in [-0.39, 0.29) is 6.03 Å². The topological polar surface area (TPSA) is 78.2 Å². The van der Waals surface area contributed by atoms with E-state index in [0.29, 0.717) is 12.4 Å². The number of H-pyrrole nitrogens is 1. The number of nitrogens with two attached hydrogens (primary N) is 1. The molecule has 1 aromatic rings. The first-order chi connectivity index (χ1) is 5.70. The highest BCUT2D eigenvalue weighted by molar-refractivity contribution is 5.91. The standard InChI is InChI=1S/C6H9N5O/c1-10-2-4-5(9-3-8-4)11(7)6(10)12/h3H,2,7H2,1H3,(H,8,9). The number of aromatic amines is 1. The molecule has 0 unspecified atom stereocenters. The number of nitrogens with zero attached hydrogens (tertiary/aromatic N) is 3. The number of nitrogens with one attached hydrogen (secondary N) is 1. The van der Waals surface area contributed by atoms with E-state index in [1.165, 1.54) is 11.2 Å². The number of imidazole rings is 1. The third-order valence-electron chi connectivity index (χ3n) is 1.85. The number of hydrogen-bond acceptors (Lipinski definition) is 3. The fourth-order valence-corrected chi connectivity index (χ4v) is 1.22. The van der Waals surface area contributed by atoms with Crippen molar-refractivity contribution in [2.45, 2.75) is 6.54 Å². The molecule has 0 atom stereocenters. The largest absolute Gasteiger partial charge is 0.345 e. The van der Waals surface area contributed by atoms with Crippen LogP contribution in [0.4, 0.5) is 10.6 Å². The molecule has 1 aliphatic rings. The average molecular weight is 167 g/mol. The van der Waals surface area contributed by atoms with Gasteiger partial charge in [-0.25, -0.2) is 20.6 Å². The van der Waals surface area contributed by atoms with E-state index in [1.54, 1.807) is 7.05 Å². The second kappa shape index (κ2) is 2.21. The lowest BCUT2D eigenvalue weighted by Gasteiger charge is -2.28. The van der Waals surface area contributed by atoms with Crippen LogP contribution in [0, 0.1) is 0 Å². The Hall–Kier alpha value is -1.56. The SMILES string of the molecule is CN1Cc2[nH]cnc2N(N)C1=O. The zero-order valence-electron chi connectivity index (χ0n) is 6.61. The molecule has 64 valence electrons. The number of fused-ring (bicyclic) bond motifs is 1. The third kappa shape index (κ3) is 0.782. The average Bonchev–Trinajstić information content (AvgIpc) is 2.48. The quantitative estimate of drug-likeness (QED) is 0.409. The van der Waals surface area contributed by atoms with Crippen LogP contribution in [-0.2, 0) is 6.54 Å². The van der Waals surface area contributed by atoms with Crippen LogP contribution >= 0.6 is 0 Å². The van der Waals surface area contributed by atoms with Crippen molar-refractivity contribution in [3.8, 4) is 0 Å². The highest BCUT2D eigenvalue weighted by atomic mass is 16.2. The van der Waals surface area contributed by atoms with E-state index >= 15 is 0 Å². The van der Waals surface area contributed by atoms with Crippen LogP contribution in [0.15, 0.2) is 6.33 Å². The second-order valence-corrected chi connectivity index (χ2v) is 2.71. The van der Waals surface area contributed by atoms with Crippen LogP contribution in [0.3, 0.4) is 0 Å². The summed E-state index contributed by atoms with van der Waals surface area (Å²) >= 11 is 0. The molecule has 0 aliphatic carbocycles. The number of urea groups is 1. The number of aromatic nitrogens is 2. The fourth-order valence-electron chi connectivity index (χ4n) is 1.22. The first-order valence-corrected chi connectivity index (χ1v) is 3.52. The van der Waals surface area contributed by atoms with Crippen LogP contribution in [-0.4, -0.2) is 27.9 Å². The summed E-state index contributed by atoms with van der Waals surface area (Å²) in [6, 6.07) is -0.241. The second-order valence-electron chi connectivity index (χ2n) is 2.71. The summed E-state index contributed by atoms with van der Waals surface area (Å²) in [6.45, 7) is 0.530. The lowest BCUT2D eigenvalue weighted by Crippen LogP contribution is -2.49. The Kier molecular flexibility index (Phi) is 1.31. The van der Waals surface area contributed by atoms with Crippen molar-refractivity contribution in [3.63, 3.8) is 0 Å². The minimum atomic E-state index is -0.241. The molecule has 1 aromatic heterocycles. The van der Waals surface area contributed by atoms with Gasteiger partial charge in [-0.15, -0.1) is 0 Å². The van der Waals surface area contributed by atoms with Gasteiger partial charge in [0.15, 0.2) is 5.82 Å². The van der Waals surface area contributed by atoms with Gasteiger partial charge in [0.05, 0.1) is 18.6 Å². The molecule has 6 nitrogen and oxygen atoms in total. The van der Waals surface area contributed by atoms with Crippen LogP contribution < -0.4 is 10.9 Å². The number of carbonyl (C=O) groups excluding carboxylic acids is 1. The summed E-state index contributed by atoms with van der Waals surface area (Å²) in [7, 11) is 1.69. The first-order valence-electron chi connectivity index (χ1n) is 3.52. The monoisotopic (exact) mass is 167 g/mol. The van der Waals surface area contributed by atoms with Crippen molar-refractivity contribution in [3.05, 3.63) is 12.0 Å². The lowest BCUT2D eigenvalue weighted by molar-refractivity contribution is 0.210. The van der Waals surface area contributed by atoms with Crippen LogP contribution in [0.2, 0.25) is 0 Å². The highest BCUT2D eigenvalue weighted by Crippen LogP contribution is 2.20. The Morgan fingerprint density at radius 1 is 1.75 bits per heavy atom. The van der Waals surface area contributed by atoms with Crippen LogP contribution in [0.25, 0.3) is 0 Å². The number of hydrazine groups is 1. The summed E-state index contributed by atoms with van der Waals surface area (Å²) in [5.74, 6) is 6.00. The summed E-state index contributed by atoms with van der Waals surface area (Å²) in [4.78, 5) is 19.6. The van der Waals surface area contributed by atoms with Crippen molar-refractivity contribution in [2.75, 3.05) is 12.1 Å². The maximum absolute atomic E-state index is 11.3. The van der Waals surface area contributed by atoms with Crippen LogP contribution in [0.5, 0.6) is 0 Å². The van der Waals surface area contributed by atoms with Crippen molar-refractivity contribution in [2.24, 2.45) is 5.84 Å². The molecule has 2 rings (SSSR count). The molecule has 0 saturated heterocycles. The molecular weight excluding hydrogens is 158 g/mol. The lowest BCUT2D eigenvalue weighted by atomic mass is 10.3. The normalized spacial score (nSPS) is 16.7. The minimum absolute atomic E-state index is 0.241. The maximum Gasteiger partial charge on any atom is 0.340 e. The molecule has 1 aliphatic heterocycles. The maximum atomic E-state index is 11.3. The molecular formula is C6H9N5O. The van der Waals surface area contributed by atoms with E-state index < -0.39 is 0 Å². The Bertz CT molecular complexity index is 319. The molecule has 0 spiro atoms. The van der Waals surface area contributed by atoms with Gasteiger partial charge in [-0.3, -0.25) is 0 Å². The van der Waals surface area contributed by atoms with Crippen molar-refractivity contribution in [1.29, 1.82) is 0 Å². The van der Waals surface area contributed by atoms with E-state index in [1.807, 2.05) is 0 Å². The highest BCUT2D eigenvalue weighted by Gasteiger charge is 2.27. The zero-order chi connectivity index (χ0) is 8.72. The molecule has 0 radical (unpaired) electrons. The summed E-state index contributed by atoms with van der Waals surface area (Å²) in [5.41, 5.74) is 0.861. The van der Waals surface area contributed by atoms with Gasteiger partial charge in [-0.05, 0) is 0 Å². The Labute approximate surface area is 68.9 Å². The summed E-state index contributed by atoms with van der Waals surface area (Å²) < 4.78 is 0. The zero-order valence-corrected chi connectivity index (χ0v) is 6.61. The molecule has 0 bridgehead atoms. The number of rotatable bonds is 0. The number of anilines is 1. The van der Waals surface area contributed by atoms with Crippen molar-refractivity contribution >= 4 is 11.8 Å². The Balaban J connectivity index is 2.45. The minimum Gasteiger partial charge on any atom is -0.345 e. The van der Waals surface area contributed by atoms with Crippen molar-refractivity contribution < 1.29 is 4.79 Å². The van der Waals surface area contributed by atoms with Gasteiger partial charge >= 0.3 is 6.03 Å². The molecule has 2 amide bonds. The number of hydrogen-bond donors (Lipinski definition) is 2. The molecule has 12 heavy (non-hydrogen) atoms. The van der Waals surface area contributed by atoms with E-state index in [9.17, 15) is 4.79 Å². The molecule has 0 saturated carbocycles. The van der Waals surface area contributed by atoms with E-state index in [4.69, 9.17) is 5.84 Å². The van der Waals surface area contributed by atoms with Crippen molar-refractivity contribution in [1.82, 2.24) is 14.9 Å². The third-order valence-corrected chi connectivity index (χ3v) is 1.85. The van der Waals surface area contributed by atoms with E-state index in [0.717, 1.165) is 10.7 Å². The Morgan fingerprint density at radius 3 is 3.25 bits per heavy atom. The predicted octanol–water partition coefficient (Wildman–Crippen LogP) is -0.345. The fraction of sp³-hybridized carbons (Fsp3) is 0.333. The summed E-state index contributed by atoms with van der Waals surface area (Å²) in [6.07, 6.45) is 1.52. The molecule has 6 heteroatoms.